The molecule has 1 unspecified atom stereocenters. The molecule has 1 aromatic heterocycles. The Morgan fingerprint density at radius 3 is 2.93 bits per heavy atom. The van der Waals surface area contributed by atoms with Crippen LogP contribution in [-0.2, 0) is 16.1 Å². The lowest BCUT2D eigenvalue weighted by Crippen LogP contribution is -2.10. The average molecular weight is 215 g/mol. The van der Waals surface area contributed by atoms with Crippen LogP contribution in [0.2, 0.25) is 0 Å². The summed E-state index contributed by atoms with van der Waals surface area (Å²) in [6.07, 6.45) is 0. The van der Waals surface area contributed by atoms with E-state index in [0.29, 0.717) is 38.1 Å². The van der Waals surface area contributed by atoms with E-state index in [1.807, 2.05) is 6.92 Å². The Labute approximate surface area is 88.7 Å². The number of aromatic nitrogens is 2. The fraction of sp³-hybridized carbons (Fsp3) is 0.778. The molecule has 6 nitrogen and oxygen atoms in total. The smallest absolute Gasteiger partial charge is 0.252 e. The Kier molecular flexibility index (Phi) is 5.23. The highest BCUT2D eigenvalue weighted by Gasteiger charge is 2.11. The number of hydrogen-bond acceptors (Lipinski definition) is 6. The van der Waals surface area contributed by atoms with Crippen molar-refractivity contribution >= 4 is 0 Å². The Balaban J connectivity index is 2.33. The second-order valence-corrected chi connectivity index (χ2v) is 3.23. The molecule has 0 aromatic carbocycles. The van der Waals surface area contributed by atoms with E-state index in [-0.39, 0.29) is 5.92 Å². The molecule has 0 aliphatic rings. The molecule has 15 heavy (non-hydrogen) atoms. The van der Waals surface area contributed by atoms with E-state index >= 15 is 0 Å². The predicted molar refractivity (Wildman–Crippen MR) is 53.3 cm³/mol. The maximum Gasteiger partial charge on any atom is 0.252 e. The molecule has 1 aromatic rings. The van der Waals surface area contributed by atoms with Crippen LogP contribution in [-0.4, -0.2) is 37.0 Å². The molecule has 0 bridgehead atoms. The fourth-order valence-corrected chi connectivity index (χ4v) is 0.934. The fourth-order valence-electron chi connectivity index (χ4n) is 0.934. The monoisotopic (exact) mass is 215 g/mol. The van der Waals surface area contributed by atoms with Gasteiger partial charge in [-0.25, -0.2) is 0 Å². The Morgan fingerprint density at radius 2 is 2.27 bits per heavy atom. The number of hydrogen-bond donors (Lipinski definition) is 1. The van der Waals surface area contributed by atoms with E-state index in [4.69, 9.17) is 19.7 Å². The molecule has 1 rings (SSSR count). The third-order valence-corrected chi connectivity index (χ3v) is 1.94. The van der Waals surface area contributed by atoms with Crippen molar-refractivity contribution in [2.75, 3.05) is 26.9 Å². The van der Waals surface area contributed by atoms with E-state index in [9.17, 15) is 0 Å². The molecule has 2 N–H and O–H groups in total. The van der Waals surface area contributed by atoms with Gasteiger partial charge in [-0.1, -0.05) is 12.1 Å². The molecular formula is C9H17N3O3. The first-order valence-corrected chi connectivity index (χ1v) is 4.87. The van der Waals surface area contributed by atoms with Crippen LogP contribution in [0.15, 0.2) is 4.52 Å². The number of methoxy groups -OCH3 is 1. The first-order valence-electron chi connectivity index (χ1n) is 4.87. The number of nitrogens with two attached hydrogens (primary N) is 1. The van der Waals surface area contributed by atoms with Crippen LogP contribution in [0.5, 0.6) is 0 Å². The second kappa shape index (κ2) is 6.49. The molecular weight excluding hydrogens is 198 g/mol. The zero-order chi connectivity index (χ0) is 11.1. The van der Waals surface area contributed by atoms with Gasteiger partial charge >= 0.3 is 0 Å². The van der Waals surface area contributed by atoms with Gasteiger partial charge in [0.25, 0.3) is 5.89 Å². The van der Waals surface area contributed by atoms with Crippen molar-refractivity contribution in [1.29, 1.82) is 0 Å². The highest BCUT2D eigenvalue weighted by Crippen LogP contribution is 2.09. The minimum atomic E-state index is 0.112. The Morgan fingerprint density at radius 1 is 1.47 bits per heavy atom. The van der Waals surface area contributed by atoms with Gasteiger partial charge in [0.15, 0.2) is 5.82 Å². The second-order valence-electron chi connectivity index (χ2n) is 3.23. The molecule has 0 radical (unpaired) electrons. The SMILES string of the molecule is COCCOCc1nc(C(C)CN)no1. The van der Waals surface area contributed by atoms with E-state index in [2.05, 4.69) is 10.1 Å². The maximum atomic E-state index is 5.48. The zero-order valence-electron chi connectivity index (χ0n) is 9.10. The van der Waals surface area contributed by atoms with E-state index in [0.717, 1.165) is 0 Å². The first kappa shape index (κ1) is 12.1. The van der Waals surface area contributed by atoms with Crippen molar-refractivity contribution in [2.45, 2.75) is 19.4 Å². The molecule has 0 fully saturated rings. The lowest BCUT2D eigenvalue weighted by atomic mass is 10.2. The highest BCUT2D eigenvalue weighted by atomic mass is 16.5. The topological polar surface area (TPSA) is 83.4 Å². The summed E-state index contributed by atoms with van der Waals surface area (Å²) in [5.41, 5.74) is 5.48. The summed E-state index contributed by atoms with van der Waals surface area (Å²) in [5, 5.41) is 3.81. The van der Waals surface area contributed by atoms with Gasteiger partial charge in [-0.3, -0.25) is 0 Å². The predicted octanol–water partition coefficient (Wildman–Crippen LogP) is 0.295. The molecule has 6 heteroatoms. The summed E-state index contributed by atoms with van der Waals surface area (Å²) in [5.74, 6) is 1.21. The molecule has 1 atom stereocenters. The Hall–Kier alpha value is -0.980. The third kappa shape index (κ3) is 3.94. The van der Waals surface area contributed by atoms with Crippen LogP contribution < -0.4 is 5.73 Å². The lowest BCUT2D eigenvalue weighted by molar-refractivity contribution is 0.0494. The van der Waals surface area contributed by atoms with Crippen LogP contribution >= 0.6 is 0 Å². The summed E-state index contributed by atoms with van der Waals surface area (Å²) in [7, 11) is 1.62. The van der Waals surface area contributed by atoms with Crippen molar-refractivity contribution in [3.8, 4) is 0 Å². The lowest BCUT2D eigenvalue weighted by Gasteiger charge is -1.99. The first-order chi connectivity index (χ1) is 7.27. The van der Waals surface area contributed by atoms with Crippen molar-refractivity contribution in [3.05, 3.63) is 11.7 Å². The molecule has 1 heterocycles. The van der Waals surface area contributed by atoms with Crippen molar-refractivity contribution in [2.24, 2.45) is 5.73 Å². The van der Waals surface area contributed by atoms with Crippen molar-refractivity contribution in [1.82, 2.24) is 10.1 Å². The summed E-state index contributed by atoms with van der Waals surface area (Å²) in [4.78, 5) is 4.16. The van der Waals surface area contributed by atoms with E-state index < -0.39 is 0 Å². The van der Waals surface area contributed by atoms with Gasteiger partial charge in [0.05, 0.1) is 13.2 Å². The molecule has 0 saturated carbocycles. The maximum absolute atomic E-state index is 5.48. The zero-order valence-corrected chi connectivity index (χ0v) is 9.10. The minimum absolute atomic E-state index is 0.112. The van der Waals surface area contributed by atoms with Crippen molar-refractivity contribution in [3.63, 3.8) is 0 Å². The third-order valence-electron chi connectivity index (χ3n) is 1.94. The van der Waals surface area contributed by atoms with Gasteiger partial charge in [-0.05, 0) is 0 Å². The molecule has 0 aliphatic heterocycles. The molecule has 0 aliphatic carbocycles. The minimum Gasteiger partial charge on any atom is -0.382 e. The largest absolute Gasteiger partial charge is 0.382 e. The number of nitrogens with zero attached hydrogens (tertiary/aromatic N) is 2. The van der Waals surface area contributed by atoms with Crippen LogP contribution in [0.4, 0.5) is 0 Å². The van der Waals surface area contributed by atoms with Gasteiger partial charge in [0.1, 0.15) is 6.61 Å². The summed E-state index contributed by atoms with van der Waals surface area (Å²) >= 11 is 0. The van der Waals surface area contributed by atoms with Crippen LogP contribution in [0, 0.1) is 0 Å². The van der Waals surface area contributed by atoms with Crippen LogP contribution in [0.3, 0.4) is 0 Å². The normalized spacial score (nSPS) is 13.0. The summed E-state index contributed by atoms with van der Waals surface area (Å²) < 4.78 is 15.1. The van der Waals surface area contributed by atoms with Gasteiger partial charge < -0.3 is 19.7 Å². The Bertz CT molecular complexity index is 277. The quantitative estimate of drug-likeness (QED) is 0.658. The van der Waals surface area contributed by atoms with Gasteiger partial charge in [0.2, 0.25) is 0 Å². The number of ether oxygens (including phenoxy) is 2. The van der Waals surface area contributed by atoms with E-state index in [1.54, 1.807) is 7.11 Å². The molecule has 0 spiro atoms. The highest BCUT2D eigenvalue weighted by molar-refractivity contribution is 4.93. The molecule has 0 saturated heterocycles. The standard InChI is InChI=1S/C9H17N3O3/c1-7(5-10)9-11-8(15-12-9)6-14-4-3-13-2/h7H,3-6,10H2,1-2H3. The van der Waals surface area contributed by atoms with Crippen LogP contribution in [0.25, 0.3) is 0 Å². The van der Waals surface area contributed by atoms with Gasteiger partial charge in [-0.15, -0.1) is 0 Å². The van der Waals surface area contributed by atoms with Crippen LogP contribution in [0.1, 0.15) is 24.6 Å². The average Bonchev–Trinajstić information content (AvgIpc) is 2.72. The van der Waals surface area contributed by atoms with E-state index in [1.165, 1.54) is 0 Å². The summed E-state index contributed by atoms with van der Waals surface area (Å²) in [6, 6.07) is 0. The molecule has 0 amide bonds. The number of rotatable bonds is 7. The summed E-state index contributed by atoms with van der Waals surface area (Å²) in [6.45, 7) is 3.83. The van der Waals surface area contributed by atoms with Gasteiger partial charge in [0, 0.05) is 19.6 Å². The van der Waals surface area contributed by atoms with Crippen molar-refractivity contribution < 1.29 is 14.0 Å². The van der Waals surface area contributed by atoms with Gasteiger partial charge in [-0.2, -0.15) is 4.98 Å². The molecule has 86 valence electrons.